The summed E-state index contributed by atoms with van der Waals surface area (Å²) in [5, 5.41) is 21.3. The lowest BCUT2D eigenvalue weighted by atomic mass is 10.1. The van der Waals surface area contributed by atoms with Gasteiger partial charge in [-0.3, -0.25) is 25.0 Å². The van der Waals surface area contributed by atoms with Crippen LogP contribution in [-0.2, 0) is 9.47 Å². The third-order valence-corrected chi connectivity index (χ3v) is 4.45. The van der Waals surface area contributed by atoms with Crippen LogP contribution in [0.25, 0.3) is 0 Å². The van der Waals surface area contributed by atoms with Gasteiger partial charge in [0.1, 0.15) is 0 Å². The van der Waals surface area contributed by atoms with Crippen LogP contribution in [0.4, 0.5) is 28.9 Å². The first-order valence-electron chi connectivity index (χ1n) is 10.5. The lowest BCUT2D eigenvalue weighted by Crippen LogP contribution is -2.13. The van der Waals surface area contributed by atoms with Gasteiger partial charge < -0.3 is 9.47 Å². The largest absolute Gasteiger partial charge is 0.348 e. The number of carbonyl (C=O) groups is 1. The van der Waals surface area contributed by atoms with Crippen LogP contribution in [0.2, 0.25) is 0 Å². The van der Waals surface area contributed by atoms with Gasteiger partial charge in [-0.15, -0.1) is 0 Å². The van der Waals surface area contributed by atoms with Gasteiger partial charge in [-0.05, 0) is 25.0 Å². The predicted octanol–water partition coefficient (Wildman–Crippen LogP) is 6.19. The van der Waals surface area contributed by atoms with Crippen LogP contribution in [0.15, 0.2) is 24.3 Å². The quantitative estimate of drug-likeness (QED) is 0.0843. The van der Waals surface area contributed by atoms with Crippen molar-refractivity contribution < 1.29 is 41.7 Å². The summed E-state index contributed by atoms with van der Waals surface area (Å²) >= 11 is 0. The van der Waals surface area contributed by atoms with E-state index in [1.165, 1.54) is 0 Å². The van der Waals surface area contributed by atoms with E-state index in [0.29, 0.717) is 31.4 Å². The summed E-state index contributed by atoms with van der Waals surface area (Å²) in [5.74, 6) is -5.06. The minimum Gasteiger partial charge on any atom is -0.348 e. The number of hydrogen-bond acceptors (Lipinski definition) is 7. The smallest absolute Gasteiger partial charge is 0.283 e. The number of ether oxygens (including phenoxy) is 2. The minimum atomic E-state index is -1.35. The van der Waals surface area contributed by atoms with Crippen LogP contribution in [-0.4, -0.2) is 29.3 Å². The molecule has 0 spiro atoms. The number of aldehydes is 1. The summed E-state index contributed by atoms with van der Waals surface area (Å²) in [7, 11) is 0. The van der Waals surface area contributed by atoms with Gasteiger partial charge in [0.2, 0.25) is 0 Å². The lowest BCUT2D eigenvalue weighted by molar-refractivity contribution is -0.387. The Hall–Kier alpha value is -3.45. The van der Waals surface area contributed by atoms with E-state index >= 15 is 0 Å². The first-order valence-corrected chi connectivity index (χ1v) is 10.5. The Labute approximate surface area is 198 Å². The molecule has 0 radical (unpaired) electrons. The van der Waals surface area contributed by atoms with Crippen LogP contribution in [0.5, 0.6) is 0 Å². The lowest BCUT2D eigenvalue weighted by Gasteiger charge is -2.19. The van der Waals surface area contributed by atoms with Gasteiger partial charge in [0.05, 0.1) is 46.3 Å². The zero-order valence-corrected chi connectivity index (χ0v) is 19.0. The van der Waals surface area contributed by atoms with Gasteiger partial charge in [-0.1, -0.05) is 26.7 Å². The van der Waals surface area contributed by atoms with Crippen molar-refractivity contribution in [2.45, 2.75) is 45.8 Å². The molecule has 0 saturated carbocycles. The average Bonchev–Trinajstić information content (AvgIpc) is 2.81. The Balaban J connectivity index is 0.000000400. The number of nitro groups is 2. The molecule has 0 atom stereocenters. The van der Waals surface area contributed by atoms with Gasteiger partial charge in [0, 0.05) is 0 Å². The first kappa shape index (κ1) is 29.6. The van der Waals surface area contributed by atoms with Crippen LogP contribution in [0.3, 0.4) is 0 Å². The number of carbonyl (C=O) groups excluding carboxylic acids is 1. The van der Waals surface area contributed by atoms with E-state index in [-0.39, 0.29) is 11.8 Å². The van der Waals surface area contributed by atoms with Gasteiger partial charge >= 0.3 is 0 Å². The van der Waals surface area contributed by atoms with Crippen LogP contribution < -0.4 is 0 Å². The van der Waals surface area contributed by atoms with Crippen molar-refractivity contribution in [1.29, 1.82) is 0 Å². The molecular weight excluding hydrogens is 480 g/mol. The topological polar surface area (TPSA) is 122 Å². The Morgan fingerprint density at radius 1 is 0.800 bits per heavy atom. The molecule has 0 aromatic heterocycles. The fourth-order valence-corrected chi connectivity index (χ4v) is 2.60. The van der Waals surface area contributed by atoms with Crippen molar-refractivity contribution in [3.05, 3.63) is 78.9 Å². The monoisotopic (exact) mass is 504 g/mol. The molecule has 9 nitrogen and oxygen atoms in total. The van der Waals surface area contributed by atoms with Crippen molar-refractivity contribution in [1.82, 2.24) is 0 Å². The number of nitrogens with zero attached hydrogens (tertiary/aromatic N) is 2. The molecule has 0 aliphatic carbocycles. The van der Waals surface area contributed by atoms with E-state index in [2.05, 4.69) is 0 Å². The molecule has 192 valence electrons. The second-order valence-electron chi connectivity index (χ2n) is 7.06. The van der Waals surface area contributed by atoms with E-state index in [1.807, 2.05) is 13.8 Å². The van der Waals surface area contributed by atoms with E-state index in [1.54, 1.807) is 0 Å². The second-order valence-corrected chi connectivity index (χ2v) is 7.06. The number of unbranched alkanes of at least 4 members (excludes halogenated alkanes) is 2. The molecule has 0 aliphatic heterocycles. The fourth-order valence-electron chi connectivity index (χ4n) is 2.60. The zero-order valence-electron chi connectivity index (χ0n) is 19.0. The highest BCUT2D eigenvalue weighted by Crippen LogP contribution is 2.31. The molecule has 0 N–H and O–H groups in total. The van der Waals surface area contributed by atoms with Crippen molar-refractivity contribution in [3.8, 4) is 0 Å². The van der Waals surface area contributed by atoms with Crippen LogP contribution >= 0.6 is 0 Å². The van der Waals surface area contributed by atoms with E-state index in [0.717, 1.165) is 31.7 Å². The summed E-state index contributed by atoms with van der Waals surface area (Å²) < 4.78 is 62.6. The maximum atomic E-state index is 13.5. The van der Waals surface area contributed by atoms with E-state index in [4.69, 9.17) is 9.47 Å². The van der Waals surface area contributed by atoms with E-state index < -0.39 is 56.3 Å². The molecule has 0 bridgehead atoms. The summed E-state index contributed by atoms with van der Waals surface area (Å²) in [4.78, 5) is 29.7. The normalized spacial score (nSPS) is 10.6. The summed E-state index contributed by atoms with van der Waals surface area (Å²) in [6.07, 6.45) is 2.26. The van der Waals surface area contributed by atoms with E-state index in [9.17, 15) is 42.6 Å². The zero-order chi connectivity index (χ0) is 26.5. The van der Waals surface area contributed by atoms with Gasteiger partial charge in [-0.25, -0.2) is 17.6 Å². The maximum absolute atomic E-state index is 13.5. The Kier molecular flexibility index (Phi) is 12.5. The SMILES string of the molecule is CCCCOC(OCCCC)c1cc(F)c(F)cc1[N+](=O)[O-].O=Cc1cc(F)c(F)cc1[N+](=O)[O-]. The van der Waals surface area contributed by atoms with Crippen LogP contribution in [0, 0.1) is 43.5 Å². The number of hydrogen-bond donors (Lipinski definition) is 0. The molecule has 0 fully saturated rings. The third-order valence-electron chi connectivity index (χ3n) is 4.45. The highest BCUT2D eigenvalue weighted by Gasteiger charge is 2.26. The van der Waals surface area contributed by atoms with Crippen LogP contribution in [0.1, 0.15) is 61.7 Å². The summed E-state index contributed by atoms with van der Waals surface area (Å²) in [6.45, 7) is 4.58. The molecule has 35 heavy (non-hydrogen) atoms. The molecule has 0 amide bonds. The number of nitro benzene ring substituents is 2. The second kappa shape index (κ2) is 14.7. The Morgan fingerprint density at radius 2 is 1.23 bits per heavy atom. The first-order chi connectivity index (χ1) is 16.6. The highest BCUT2D eigenvalue weighted by atomic mass is 19.2. The highest BCUT2D eigenvalue weighted by molar-refractivity contribution is 5.81. The number of rotatable bonds is 12. The number of halogens is 4. The molecule has 0 aliphatic rings. The van der Waals surface area contributed by atoms with Gasteiger partial charge in [-0.2, -0.15) is 0 Å². The Morgan fingerprint density at radius 3 is 1.66 bits per heavy atom. The van der Waals surface area contributed by atoms with Crippen molar-refractivity contribution in [2.75, 3.05) is 13.2 Å². The molecule has 13 heteroatoms. The summed E-state index contributed by atoms with van der Waals surface area (Å²) in [5.41, 5.74) is -1.87. The molecule has 0 saturated heterocycles. The maximum Gasteiger partial charge on any atom is 0.283 e. The minimum absolute atomic E-state index is 0.0979. The van der Waals surface area contributed by atoms with Gasteiger partial charge in [0.25, 0.3) is 11.4 Å². The average molecular weight is 504 g/mol. The van der Waals surface area contributed by atoms with Crippen molar-refractivity contribution in [2.24, 2.45) is 0 Å². The predicted molar refractivity (Wildman–Crippen MR) is 116 cm³/mol. The third kappa shape index (κ3) is 9.02. The van der Waals surface area contributed by atoms with Crippen molar-refractivity contribution >= 4 is 17.7 Å². The Bertz CT molecular complexity index is 1030. The molecule has 2 rings (SSSR count). The molecule has 0 heterocycles. The molecular formula is C22H24F4N2O7. The van der Waals surface area contributed by atoms with Gasteiger partial charge in [0.15, 0.2) is 35.8 Å². The standard InChI is InChI=1S/C15H21F2NO4.C7H3F2NO3/c1-3-5-7-21-15(22-8-6-4-2)11-9-12(16)13(17)10-14(11)18(19)20;8-5-1-4(3-11)7(10(12)13)2-6(5)9/h9-10,15H,3-8H2,1-2H3;1-3H. The number of benzene rings is 2. The molecule has 0 unspecified atom stereocenters. The van der Waals surface area contributed by atoms with Crippen molar-refractivity contribution in [3.63, 3.8) is 0 Å². The summed E-state index contributed by atoms with van der Waals surface area (Å²) in [6, 6.07) is 2.19. The molecule has 2 aromatic carbocycles. The fraction of sp³-hybridized carbons (Fsp3) is 0.409. The molecule has 2 aromatic rings.